The number of benzene rings is 1. The smallest absolute Gasteiger partial charge is 0.291 e. The summed E-state index contributed by atoms with van der Waals surface area (Å²) in [6.45, 7) is 1.46. The molecule has 0 atom stereocenters. The molecule has 5 nitrogen and oxygen atoms in total. The molecule has 5 heteroatoms. The first-order chi connectivity index (χ1) is 9.11. The highest BCUT2D eigenvalue weighted by atomic mass is 16.5. The SMILES string of the molecule is COc1ccc(C(C)=O)cc1NC(=O)c1ccco1. The Bertz CT molecular complexity index is 602. The van der Waals surface area contributed by atoms with Crippen LogP contribution in [0.1, 0.15) is 27.8 Å². The first-order valence-corrected chi connectivity index (χ1v) is 5.65. The molecule has 2 rings (SSSR count). The first kappa shape index (κ1) is 12.9. The van der Waals surface area contributed by atoms with Crippen molar-refractivity contribution >= 4 is 17.4 Å². The van der Waals surface area contributed by atoms with Crippen molar-refractivity contribution < 1.29 is 18.7 Å². The molecule has 1 aromatic heterocycles. The molecular weight excluding hydrogens is 246 g/mol. The molecule has 0 saturated heterocycles. The van der Waals surface area contributed by atoms with E-state index in [9.17, 15) is 9.59 Å². The zero-order valence-corrected chi connectivity index (χ0v) is 10.6. The summed E-state index contributed by atoms with van der Waals surface area (Å²) in [5, 5.41) is 2.65. The summed E-state index contributed by atoms with van der Waals surface area (Å²) in [4.78, 5) is 23.2. The van der Waals surface area contributed by atoms with Gasteiger partial charge in [-0.25, -0.2) is 0 Å². The van der Waals surface area contributed by atoms with Gasteiger partial charge in [-0.1, -0.05) is 0 Å². The maximum Gasteiger partial charge on any atom is 0.291 e. The largest absolute Gasteiger partial charge is 0.495 e. The molecule has 0 aliphatic heterocycles. The van der Waals surface area contributed by atoms with Crippen LogP contribution in [0.3, 0.4) is 0 Å². The second kappa shape index (κ2) is 5.39. The summed E-state index contributed by atoms with van der Waals surface area (Å²) in [6.07, 6.45) is 1.41. The van der Waals surface area contributed by atoms with Crippen molar-refractivity contribution in [2.24, 2.45) is 0 Å². The van der Waals surface area contributed by atoms with Crippen LogP contribution < -0.4 is 10.1 Å². The van der Waals surface area contributed by atoms with Gasteiger partial charge in [-0.05, 0) is 37.3 Å². The predicted molar refractivity (Wildman–Crippen MR) is 69.7 cm³/mol. The molecule has 1 amide bonds. The van der Waals surface area contributed by atoms with Crippen molar-refractivity contribution in [2.45, 2.75) is 6.92 Å². The molecule has 0 saturated carbocycles. The number of rotatable bonds is 4. The number of ether oxygens (including phenoxy) is 1. The number of anilines is 1. The number of Topliss-reactive ketones (excluding diaryl/α,β-unsaturated/α-hetero) is 1. The molecule has 1 heterocycles. The number of furan rings is 1. The monoisotopic (exact) mass is 259 g/mol. The van der Waals surface area contributed by atoms with Gasteiger partial charge >= 0.3 is 0 Å². The summed E-state index contributed by atoms with van der Waals surface area (Å²) >= 11 is 0. The van der Waals surface area contributed by atoms with Crippen LogP contribution >= 0.6 is 0 Å². The fraction of sp³-hybridized carbons (Fsp3) is 0.143. The molecule has 0 unspecified atom stereocenters. The third-order valence-electron chi connectivity index (χ3n) is 2.60. The van der Waals surface area contributed by atoms with E-state index in [0.29, 0.717) is 17.0 Å². The van der Waals surface area contributed by atoms with E-state index in [1.54, 1.807) is 30.3 Å². The van der Waals surface area contributed by atoms with Gasteiger partial charge in [0.25, 0.3) is 5.91 Å². The Kier molecular flexibility index (Phi) is 3.66. The van der Waals surface area contributed by atoms with Crippen LogP contribution in [0.25, 0.3) is 0 Å². The highest BCUT2D eigenvalue weighted by Crippen LogP contribution is 2.26. The second-order valence-electron chi connectivity index (χ2n) is 3.90. The maximum atomic E-state index is 11.9. The van der Waals surface area contributed by atoms with E-state index in [2.05, 4.69) is 5.32 Å². The third kappa shape index (κ3) is 2.82. The topological polar surface area (TPSA) is 68.5 Å². The molecule has 0 aliphatic rings. The standard InChI is InChI=1S/C14H13NO4/c1-9(16)10-5-6-12(18-2)11(8-10)15-14(17)13-4-3-7-19-13/h3-8H,1-2H3,(H,15,17). The van der Waals surface area contributed by atoms with Crippen molar-refractivity contribution in [1.82, 2.24) is 0 Å². The Morgan fingerprint density at radius 3 is 2.63 bits per heavy atom. The summed E-state index contributed by atoms with van der Waals surface area (Å²) < 4.78 is 10.1. The molecule has 0 spiro atoms. The number of nitrogens with one attached hydrogen (secondary N) is 1. The van der Waals surface area contributed by atoms with Gasteiger partial charge in [0, 0.05) is 5.56 Å². The first-order valence-electron chi connectivity index (χ1n) is 5.65. The van der Waals surface area contributed by atoms with E-state index in [1.807, 2.05) is 0 Å². The van der Waals surface area contributed by atoms with Crippen molar-refractivity contribution in [3.63, 3.8) is 0 Å². The number of hydrogen-bond donors (Lipinski definition) is 1. The fourth-order valence-corrected chi connectivity index (χ4v) is 1.62. The van der Waals surface area contributed by atoms with Crippen molar-refractivity contribution in [2.75, 3.05) is 12.4 Å². The zero-order valence-electron chi connectivity index (χ0n) is 10.6. The van der Waals surface area contributed by atoms with Gasteiger partial charge in [-0.2, -0.15) is 0 Å². The van der Waals surface area contributed by atoms with Gasteiger partial charge in [-0.3, -0.25) is 9.59 Å². The normalized spacial score (nSPS) is 10.0. The summed E-state index contributed by atoms with van der Waals surface area (Å²) in [7, 11) is 1.49. The minimum absolute atomic E-state index is 0.0869. The Hall–Kier alpha value is -2.56. The van der Waals surface area contributed by atoms with Gasteiger partial charge in [0.1, 0.15) is 5.75 Å². The van der Waals surface area contributed by atoms with E-state index in [1.165, 1.54) is 20.3 Å². The highest BCUT2D eigenvalue weighted by Gasteiger charge is 2.13. The van der Waals surface area contributed by atoms with Crippen molar-refractivity contribution in [3.05, 3.63) is 47.9 Å². The lowest BCUT2D eigenvalue weighted by molar-refractivity contribution is 0.0991. The quantitative estimate of drug-likeness (QED) is 0.857. The highest BCUT2D eigenvalue weighted by molar-refractivity contribution is 6.04. The van der Waals surface area contributed by atoms with E-state index in [0.717, 1.165) is 0 Å². The van der Waals surface area contributed by atoms with Crippen LogP contribution in [0.4, 0.5) is 5.69 Å². The Labute approximate surface area is 110 Å². The average molecular weight is 259 g/mol. The number of ketones is 1. The zero-order chi connectivity index (χ0) is 13.8. The van der Waals surface area contributed by atoms with Gasteiger partial charge < -0.3 is 14.5 Å². The minimum Gasteiger partial charge on any atom is -0.495 e. The van der Waals surface area contributed by atoms with Gasteiger partial charge in [0.05, 0.1) is 19.1 Å². The van der Waals surface area contributed by atoms with E-state index in [-0.39, 0.29) is 11.5 Å². The molecule has 19 heavy (non-hydrogen) atoms. The van der Waals surface area contributed by atoms with Gasteiger partial charge in [0.15, 0.2) is 11.5 Å². The van der Waals surface area contributed by atoms with E-state index in [4.69, 9.17) is 9.15 Å². The lowest BCUT2D eigenvalue weighted by Gasteiger charge is -2.10. The number of hydrogen-bond acceptors (Lipinski definition) is 4. The van der Waals surface area contributed by atoms with Crippen LogP contribution in [0.5, 0.6) is 5.75 Å². The van der Waals surface area contributed by atoms with Crippen molar-refractivity contribution in [3.8, 4) is 5.75 Å². The summed E-state index contributed by atoms with van der Waals surface area (Å²) in [5.41, 5.74) is 0.923. The Morgan fingerprint density at radius 1 is 1.26 bits per heavy atom. The van der Waals surface area contributed by atoms with E-state index < -0.39 is 5.91 Å². The molecule has 0 aliphatic carbocycles. The molecule has 1 N–H and O–H groups in total. The van der Waals surface area contributed by atoms with Crippen molar-refractivity contribution in [1.29, 1.82) is 0 Å². The molecule has 0 bridgehead atoms. The van der Waals surface area contributed by atoms with Crippen LogP contribution in [0, 0.1) is 0 Å². The average Bonchev–Trinajstić information content (AvgIpc) is 2.92. The summed E-state index contributed by atoms with van der Waals surface area (Å²) in [5.74, 6) is 0.181. The molecule has 1 aromatic carbocycles. The van der Waals surface area contributed by atoms with Crippen LogP contribution in [-0.4, -0.2) is 18.8 Å². The number of amides is 1. The van der Waals surface area contributed by atoms with Gasteiger partial charge in [-0.15, -0.1) is 0 Å². The lowest BCUT2D eigenvalue weighted by Crippen LogP contribution is -2.12. The maximum absolute atomic E-state index is 11.9. The Morgan fingerprint density at radius 2 is 2.05 bits per heavy atom. The number of methoxy groups -OCH3 is 1. The molecule has 0 radical (unpaired) electrons. The molecule has 2 aromatic rings. The Balaban J connectivity index is 2.30. The molecular formula is C14H13NO4. The van der Waals surface area contributed by atoms with Crippen LogP contribution in [-0.2, 0) is 0 Å². The number of carbonyl (C=O) groups excluding carboxylic acids is 2. The van der Waals surface area contributed by atoms with Crippen LogP contribution in [0.15, 0.2) is 41.0 Å². The minimum atomic E-state index is -0.399. The summed E-state index contributed by atoms with van der Waals surface area (Å²) in [6, 6.07) is 8.02. The molecule has 0 fully saturated rings. The fourth-order valence-electron chi connectivity index (χ4n) is 1.62. The third-order valence-corrected chi connectivity index (χ3v) is 2.60. The van der Waals surface area contributed by atoms with Gasteiger partial charge in [0.2, 0.25) is 0 Å². The predicted octanol–water partition coefficient (Wildman–Crippen LogP) is 2.74. The second-order valence-corrected chi connectivity index (χ2v) is 3.90. The lowest BCUT2D eigenvalue weighted by atomic mass is 10.1. The van der Waals surface area contributed by atoms with E-state index >= 15 is 0 Å². The molecule has 98 valence electrons. The number of carbonyl (C=O) groups is 2. The van der Waals surface area contributed by atoms with Crippen LogP contribution in [0.2, 0.25) is 0 Å².